The molecule has 17 heavy (non-hydrogen) atoms. The molecule has 0 N–H and O–H groups in total. The summed E-state index contributed by atoms with van der Waals surface area (Å²) in [6.45, 7) is 1.75. The Morgan fingerprint density at radius 1 is 1.29 bits per heavy atom. The number of pyridine rings is 1. The number of halogens is 5. The molecule has 0 bridgehead atoms. The smallest absolute Gasteiger partial charge is 0.255 e. The van der Waals surface area contributed by atoms with Crippen LogP contribution in [0.25, 0.3) is 10.9 Å². The van der Waals surface area contributed by atoms with Crippen molar-refractivity contribution in [1.29, 1.82) is 0 Å². The van der Waals surface area contributed by atoms with Crippen molar-refractivity contribution in [3.63, 3.8) is 0 Å². The largest absolute Gasteiger partial charge is 0.417 e. The molecule has 0 saturated carbocycles. The first-order valence-corrected chi connectivity index (χ1v) is 5.80. The van der Waals surface area contributed by atoms with Gasteiger partial charge in [-0.3, -0.25) is 4.98 Å². The SMILES string of the molecule is Cc1cnc2c(Br)c(C(F)(F)F)ccc2c1Cl. The van der Waals surface area contributed by atoms with Crippen molar-refractivity contribution in [1.82, 2.24) is 4.98 Å². The van der Waals surface area contributed by atoms with Crippen LogP contribution in [0.2, 0.25) is 5.02 Å². The minimum absolute atomic E-state index is 0.0793. The lowest BCUT2D eigenvalue weighted by Gasteiger charge is -2.12. The van der Waals surface area contributed by atoms with Gasteiger partial charge in [0.05, 0.1) is 20.6 Å². The molecule has 0 spiro atoms. The van der Waals surface area contributed by atoms with E-state index in [9.17, 15) is 13.2 Å². The van der Waals surface area contributed by atoms with Crippen LogP contribution < -0.4 is 0 Å². The number of aromatic nitrogens is 1. The van der Waals surface area contributed by atoms with Crippen molar-refractivity contribution < 1.29 is 13.2 Å². The topological polar surface area (TPSA) is 12.9 Å². The monoisotopic (exact) mass is 323 g/mol. The molecule has 0 aliphatic carbocycles. The molecule has 2 aromatic rings. The first-order chi connectivity index (χ1) is 7.82. The third-order valence-electron chi connectivity index (χ3n) is 2.39. The molecule has 2 rings (SSSR count). The highest BCUT2D eigenvalue weighted by Gasteiger charge is 2.33. The molecule has 90 valence electrons. The molecule has 0 unspecified atom stereocenters. The zero-order valence-electron chi connectivity index (χ0n) is 8.57. The highest BCUT2D eigenvalue weighted by atomic mass is 79.9. The number of fused-ring (bicyclic) bond motifs is 1. The van der Waals surface area contributed by atoms with Gasteiger partial charge in [-0.25, -0.2) is 0 Å². The second kappa shape index (κ2) is 4.14. The Kier molecular flexibility index (Phi) is 3.08. The molecule has 0 amide bonds. The van der Waals surface area contributed by atoms with E-state index in [1.165, 1.54) is 12.3 Å². The molecule has 0 aliphatic rings. The number of hydrogen-bond acceptors (Lipinski definition) is 1. The molecule has 1 aromatic heterocycles. The van der Waals surface area contributed by atoms with Gasteiger partial charge in [-0.05, 0) is 34.5 Å². The van der Waals surface area contributed by atoms with Gasteiger partial charge in [-0.1, -0.05) is 17.7 Å². The molecule has 0 aliphatic heterocycles. The van der Waals surface area contributed by atoms with E-state index in [0.29, 0.717) is 10.4 Å². The Labute approximate surface area is 109 Å². The van der Waals surface area contributed by atoms with Crippen LogP contribution in [-0.2, 0) is 6.18 Å². The fraction of sp³-hybridized carbons (Fsp3) is 0.182. The maximum absolute atomic E-state index is 12.7. The summed E-state index contributed by atoms with van der Waals surface area (Å²) in [5, 5.41) is 0.927. The minimum atomic E-state index is -4.41. The van der Waals surface area contributed by atoms with E-state index >= 15 is 0 Å². The molecular formula is C11H6BrClF3N. The zero-order valence-corrected chi connectivity index (χ0v) is 10.9. The van der Waals surface area contributed by atoms with Crippen molar-refractivity contribution in [2.45, 2.75) is 13.1 Å². The number of nitrogens with zero attached hydrogens (tertiary/aromatic N) is 1. The Balaban J connectivity index is 2.83. The molecule has 0 saturated heterocycles. The van der Waals surface area contributed by atoms with Crippen LogP contribution in [-0.4, -0.2) is 4.98 Å². The van der Waals surface area contributed by atoms with E-state index in [2.05, 4.69) is 20.9 Å². The summed E-state index contributed by atoms with van der Waals surface area (Å²) in [7, 11) is 0. The first-order valence-electron chi connectivity index (χ1n) is 4.63. The van der Waals surface area contributed by atoms with Crippen molar-refractivity contribution in [3.8, 4) is 0 Å². The van der Waals surface area contributed by atoms with E-state index < -0.39 is 11.7 Å². The van der Waals surface area contributed by atoms with Gasteiger partial charge in [-0.2, -0.15) is 13.2 Å². The van der Waals surface area contributed by atoms with Gasteiger partial charge < -0.3 is 0 Å². The van der Waals surface area contributed by atoms with Gasteiger partial charge in [0.1, 0.15) is 0 Å². The Morgan fingerprint density at radius 3 is 2.53 bits per heavy atom. The lowest BCUT2D eigenvalue weighted by Crippen LogP contribution is -2.06. The van der Waals surface area contributed by atoms with E-state index in [4.69, 9.17) is 11.6 Å². The minimum Gasteiger partial charge on any atom is -0.255 e. The quantitative estimate of drug-likeness (QED) is 0.666. The third kappa shape index (κ3) is 2.13. The van der Waals surface area contributed by atoms with Crippen LogP contribution in [0.15, 0.2) is 22.8 Å². The van der Waals surface area contributed by atoms with Gasteiger partial charge in [0.25, 0.3) is 0 Å². The molecular weight excluding hydrogens is 318 g/mol. The summed E-state index contributed by atoms with van der Waals surface area (Å²) in [6, 6.07) is 2.34. The van der Waals surface area contributed by atoms with Crippen molar-refractivity contribution in [2.24, 2.45) is 0 Å². The fourth-order valence-electron chi connectivity index (χ4n) is 1.52. The van der Waals surface area contributed by atoms with Crippen LogP contribution in [0.1, 0.15) is 11.1 Å². The Morgan fingerprint density at radius 2 is 1.94 bits per heavy atom. The highest BCUT2D eigenvalue weighted by Crippen LogP contribution is 2.39. The lowest BCUT2D eigenvalue weighted by molar-refractivity contribution is -0.138. The summed E-state index contributed by atoms with van der Waals surface area (Å²) in [6.07, 6.45) is -2.96. The summed E-state index contributed by atoms with van der Waals surface area (Å²) in [4.78, 5) is 3.98. The number of rotatable bonds is 0. The van der Waals surface area contributed by atoms with Gasteiger partial charge in [0, 0.05) is 11.6 Å². The van der Waals surface area contributed by atoms with Crippen molar-refractivity contribution >= 4 is 38.4 Å². The average Bonchev–Trinajstić information content (AvgIpc) is 2.22. The van der Waals surface area contributed by atoms with Crippen LogP contribution in [0.3, 0.4) is 0 Å². The van der Waals surface area contributed by atoms with Crippen LogP contribution in [0.5, 0.6) is 0 Å². The fourth-order valence-corrected chi connectivity index (χ4v) is 2.39. The predicted molar refractivity (Wildman–Crippen MR) is 64.2 cm³/mol. The summed E-state index contributed by atoms with van der Waals surface area (Å²) in [5.41, 5.74) is 0.193. The molecule has 6 heteroatoms. The van der Waals surface area contributed by atoms with Crippen LogP contribution in [0, 0.1) is 6.92 Å². The Bertz CT molecular complexity index is 595. The standard InChI is InChI=1S/C11H6BrClF3N/c1-5-4-17-10-6(9(5)13)2-3-7(8(10)12)11(14,15)16/h2-4H,1H3. The van der Waals surface area contributed by atoms with Gasteiger partial charge in [0.2, 0.25) is 0 Å². The maximum Gasteiger partial charge on any atom is 0.417 e. The third-order valence-corrected chi connectivity index (χ3v) is 3.70. The van der Waals surface area contributed by atoms with E-state index in [1.54, 1.807) is 6.92 Å². The zero-order chi connectivity index (χ0) is 12.8. The van der Waals surface area contributed by atoms with Gasteiger partial charge in [0.15, 0.2) is 0 Å². The second-order valence-corrected chi connectivity index (χ2v) is 4.75. The van der Waals surface area contributed by atoms with Crippen molar-refractivity contribution in [2.75, 3.05) is 0 Å². The van der Waals surface area contributed by atoms with Gasteiger partial charge >= 0.3 is 6.18 Å². The second-order valence-electron chi connectivity index (χ2n) is 3.58. The summed E-state index contributed by atoms with van der Waals surface area (Å²) in [5.74, 6) is 0. The molecule has 0 atom stereocenters. The van der Waals surface area contributed by atoms with Crippen LogP contribution >= 0.6 is 27.5 Å². The van der Waals surface area contributed by atoms with E-state index in [0.717, 1.165) is 11.6 Å². The molecule has 0 fully saturated rings. The van der Waals surface area contributed by atoms with E-state index in [1.807, 2.05) is 0 Å². The highest BCUT2D eigenvalue weighted by molar-refractivity contribution is 9.10. The molecule has 1 heterocycles. The first kappa shape index (κ1) is 12.6. The predicted octanol–water partition coefficient (Wildman–Crippen LogP) is 4.98. The maximum atomic E-state index is 12.7. The molecule has 1 nitrogen and oxygen atoms in total. The number of alkyl halides is 3. The Hall–Kier alpha value is -0.810. The van der Waals surface area contributed by atoms with Crippen LogP contribution in [0.4, 0.5) is 13.2 Å². The number of aryl methyl sites for hydroxylation is 1. The molecule has 1 aromatic carbocycles. The molecule has 0 radical (unpaired) electrons. The average molecular weight is 325 g/mol. The number of hydrogen-bond donors (Lipinski definition) is 0. The summed E-state index contributed by atoms with van der Waals surface area (Å²) >= 11 is 8.96. The lowest BCUT2D eigenvalue weighted by atomic mass is 10.1. The summed E-state index contributed by atoms with van der Waals surface area (Å²) < 4.78 is 37.9. The van der Waals surface area contributed by atoms with E-state index in [-0.39, 0.29) is 9.99 Å². The normalized spacial score (nSPS) is 12.1. The number of benzene rings is 1. The van der Waals surface area contributed by atoms with Crippen molar-refractivity contribution in [3.05, 3.63) is 39.0 Å². The van der Waals surface area contributed by atoms with Gasteiger partial charge in [-0.15, -0.1) is 0 Å².